The molecule has 0 spiro atoms. The highest BCUT2D eigenvalue weighted by atomic mass is 16.4. The highest BCUT2D eigenvalue weighted by molar-refractivity contribution is 5.77. The quantitative estimate of drug-likeness (QED) is 0.821. The van der Waals surface area contributed by atoms with Gasteiger partial charge in [-0.15, -0.1) is 0 Å². The van der Waals surface area contributed by atoms with Crippen molar-refractivity contribution in [2.75, 3.05) is 7.05 Å². The Hall–Kier alpha value is -1.06. The number of nitrogens with zero attached hydrogens (tertiary/aromatic N) is 1. The van der Waals surface area contributed by atoms with Gasteiger partial charge in [-0.05, 0) is 37.5 Å². The zero-order valence-corrected chi connectivity index (χ0v) is 11.7. The van der Waals surface area contributed by atoms with Crippen LogP contribution in [0.1, 0.15) is 58.8 Å². The molecule has 0 heterocycles. The molecule has 4 heteroatoms. The van der Waals surface area contributed by atoms with Gasteiger partial charge in [-0.3, -0.25) is 9.59 Å². The van der Waals surface area contributed by atoms with Crippen molar-refractivity contribution in [3.8, 4) is 0 Å². The molecule has 18 heavy (non-hydrogen) atoms. The van der Waals surface area contributed by atoms with Crippen LogP contribution in [0.3, 0.4) is 0 Å². The van der Waals surface area contributed by atoms with Crippen molar-refractivity contribution in [2.45, 2.75) is 64.8 Å². The molecule has 0 aromatic carbocycles. The van der Waals surface area contributed by atoms with Crippen LogP contribution in [0.25, 0.3) is 0 Å². The molecule has 1 aliphatic carbocycles. The van der Waals surface area contributed by atoms with E-state index >= 15 is 0 Å². The minimum atomic E-state index is -0.829. The third kappa shape index (κ3) is 4.67. The monoisotopic (exact) mass is 255 g/mol. The van der Waals surface area contributed by atoms with Crippen LogP contribution in [-0.4, -0.2) is 35.0 Å². The molecular weight excluding hydrogens is 230 g/mol. The van der Waals surface area contributed by atoms with Crippen molar-refractivity contribution in [3.63, 3.8) is 0 Å². The second kappa shape index (κ2) is 6.21. The Kier molecular flexibility index (Phi) is 5.17. The van der Waals surface area contributed by atoms with Gasteiger partial charge in [-0.1, -0.05) is 13.8 Å². The van der Waals surface area contributed by atoms with Crippen LogP contribution in [-0.2, 0) is 9.59 Å². The van der Waals surface area contributed by atoms with E-state index in [0.717, 1.165) is 25.7 Å². The molecule has 1 rings (SSSR count). The van der Waals surface area contributed by atoms with Crippen molar-refractivity contribution in [1.29, 1.82) is 0 Å². The zero-order chi connectivity index (χ0) is 13.8. The van der Waals surface area contributed by atoms with Crippen molar-refractivity contribution in [2.24, 2.45) is 5.41 Å². The zero-order valence-electron chi connectivity index (χ0n) is 11.7. The number of hydrogen-bond acceptors (Lipinski definition) is 2. The summed E-state index contributed by atoms with van der Waals surface area (Å²) in [5, 5.41) is 8.55. The summed E-state index contributed by atoms with van der Waals surface area (Å²) >= 11 is 0. The minimum absolute atomic E-state index is 0.0806. The molecule has 1 saturated carbocycles. The first kappa shape index (κ1) is 15.0. The molecule has 1 fully saturated rings. The molecule has 1 N–H and O–H groups in total. The lowest BCUT2D eigenvalue weighted by Crippen LogP contribution is -2.40. The van der Waals surface area contributed by atoms with E-state index in [-0.39, 0.29) is 12.3 Å². The molecule has 0 aromatic heterocycles. The fourth-order valence-electron chi connectivity index (χ4n) is 2.54. The fraction of sp³-hybridized carbons (Fsp3) is 0.857. The fourth-order valence-corrected chi connectivity index (χ4v) is 2.54. The predicted molar refractivity (Wildman–Crippen MR) is 70.3 cm³/mol. The van der Waals surface area contributed by atoms with E-state index in [1.165, 1.54) is 0 Å². The second-order valence-electron chi connectivity index (χ2n) is 6.15. The SMILES string of the molecule is CN(C(=O)CCCC(=O)O)C1CCC(C)(C)CC1. The van der Waals surface area contributed by atoms with E-state index < -0.39 is 5.97 Å². The van der Waals surface area contributed by atoms with Crippen molar-refractivity contribution in [3.05, 3.63) is 0 Å². The molecule has 0 radical (unpaired) electrons. The molecule has 0 aliphatic heterocycles. The van der Waals surface area contributed by atoms with Crippen LogP contribution >= 0.6 is 0 Å². The topological polar surface area (TPSA) is 57.6 Å². The summed E-state index contributed by atoms with van der Waals surface area (Å²) in [4.78, 5) is 24.1. The smallest absolute Gasteiger partial charge is 0.303 e. The van der Waals surface area contributed by atoms with E-state index in [4.69, 9.17) is 5.11 Å². The number of carbonyl (C=O) groups excluding carboxylic acids is 1. The first-order chi connectivity index (χ1) is 8.32. The number of carboxylic acids is 1. The summed E-state index contributed by atoms with van der Waals surface area (Å²) < 4.78 is 0. The van der Waals surface area contributed by atoms with Gasteiger partial charge in [0.1, 0.15) is 0 Å². The maximum absolute atomic E-state index is 11.9. The van der Waals surface area contributed by atoms with Gasteiger partial charge < -0.3 is 10.0 Å². The van der Waals surface area contributed by atoms with Gasteiger partial charge in [0.15, 0.2) is 0 Å². The maximum atomic E-state index is 11.9. The van der Waals surface area contributed by atoms with Gasteiger partial charge in [0.05, 0.1) is 0 Å². The largest absolute Gasteiger partial charge is 0.481 e. The average molecular weight is 255 g/mol. The van der Waals surface area contributed by atoms with Gasteiger partial charge in [0.2, 0.25) is 5.91 Å². The lowest BCUT2D eigenvalue weighted by Gasteiger charge is -2.38. The molecule has 0 atom stereocenters. The van der Waals surface area contributed by atoms with Gasteiger partial charge >= 0.3 is 5.97 Å². The van der Waals surface area contributed by atoms with Crippen LogP contribution in [0.5, 0.6) is 0 Å². The summed E-state index contributed by atoms with van der Waals surface area (Å²) in [5.41, 5.74) is 0.406. The number of hydrogen-bond donors (Lipinski definition) is 1. The van der Waals surface area contributed by atoms with Gasteiger partial charge in [0, 0.05) is 25.9 Å². The first-order valence-electron chi connectivity index (χ1n) is 6.79. The number of carboxylic acid groups (broad SMARTS) is 1. The Morgan fingerprint density at radius 1 is 1.22 bits per heavy atom. The Balaban J connectivity index is 2.33. The second-order valence-corrected chi connectivity index (χ2v) is 6.15. The maximum Gasteiger partial charge on any atom is 0.303 e. The van der Waals surface area contributed by atoms with E-state index in [1.54, 1.807) is 0 Å². The average Bonchev–Trinajstić information content (AvgIpc) is 2.27. The van der Waals surface area contributed by atoms with Gasteiger partial charge in [0.25, 0.3) is 0 Å². The molecule has 104 valence electrons. The molecular formula is C14H25NO3. The molecule has 0 saturated heterocycles. The van der Waals surface area contributed by atoms with Crippen LogP contribution in [0, 0.1) is 5.41 Å². The van der Waals surface area contributed by atoms with Crippen LogP contribution in [0.4, 0.5) is 0 Å². The lowest BCUT2D eigenvalue weighted by molar-refractivity contribution is -0.137. The van der Waals surface area contributed by atoms with E-state index in [0.29, 0.717) is 24.3 Å². The predicted octanol–water partition coefficient (Wildman–Crippen LogP) is 2.67. The summed E-state index contributed by atoms with van der Waals surface area (Å²) in [6.45, 7) is 4.55. The number of carbonyl (C=O) groups is 2. The number of amides is 1. The normalized spacial score (nSPS) is 19.5. The standard InChI is InChI=1S/C14H25NO3/c1-14(2)9-7-11(8-10-14)15(3)12(16)5-4-6-13(17)18/h11H,4-10H2,1-3H3,(H,17,18). The van der Waals surface area contributed by atoms with Crippen molar-refractivity contribution in [1.82, 2.24) is 4.90 Å². The Labute approximate surface area is 109 Å². The molecule has 1 amide bonds. The molecule has 0 bridgehead atoms. The summed E-state index contributed by atoms with van der Waals surface area (Å²) in [7, 11) is 1.85. The third-order valence-electron chi connectivity index (χ3n) is 4.03. The van der Waals surface area contributed by atoms with Gasteiger partial charge in [-0.2, -0.15) is 0 Å². The highest BCUT2D eigenvalue weighted by Crippen LogP contribution is 2.36. The molecule has 4 nitrogen and oxygen atoms in total. The minimum Gasteiger partial charge on any atom is -0.481 e. The molecule has 0 aromatic rings. The van der Waals surface area contributed by atoms with E-state index in [2.05, 4.69) is 13.8 Å². The van der Waals surface area contributed by atoms with Crippen LogP contribution in [0.2, 0.25) is 0 Å². The van der Waals surface area contributed by atoms with Crippen LogP contribution in [0.15, 0.2) is 0 Å². The van der Waals surface area contributed by atoms with E-state index in [9.17, 15) is 9.59 Å². The summed E-state index contributed by atoms with van der Waals surface area (Å²) in [6, 6.07) is 0.343. The Morgan fingerprint density at radius 2 is 1.78 bits per heavy atom. The van der Waals surface area contributed by atoms with Crippen molar-refractivity contribution >= 4 is 11.9 Å². The highest BCUT2D eigenvalue weighted by Gasteiger charge is 2.30. The number of rotatable bonds is 5. The van der Waals surface area contributed by atoms with Crippen LogP contribution < -0.4 is 0 Å². The summed E-state index contributed by atoms with van der Waals surface area (Å²) in [5.74, 6) is -0.745. The molecule has 1 aliphatic rings. The van der Waals surface area contributed by atoms with Crippen molar-refractivity contribution < 1.29 is 14.7 Å². The number of aliphatic carboxylic acids is 1. The Bertz CT molecular complexity index is 302. The summed E-state index contributed by atoms with van der Waals surface area (Å²) in [6.07, 6.45) is 5.31. The van der Waals surface area contributed by atoms with E-state index in [1.807, 2.05) is 11.9 Å². The Morgan fingerprint density at radius 3 is 2.28 bits per heavy atom. The first-order valence-corrected chi connectivity index (χ1v) is 6.79. The third-order valence-corrected chi connectivity index (χ3v) is 4.03. The van der Waals surface area contributed by atoms with Gasteiger partial charge in [-0.25, -0.2) is 0 Å². The lowest BCUT2D eigenvalue weighted by atomic mass is 9.75. The molecule has 0 unspecified atom stereocenters.